The molecule has 0 amide bonds. The van der Waals surface area contributed by atoms with Gasteiger partial charge in [-0.05, 0) is 30.5 Å². The summed E-state index contributed by atoms with van der Waals surface area (Å²) < 4.78 is 1.68. The maximum Gasteiger partial charge on any atom is 0.278 e. The predicted molar refractivity (Wildman–Crippen MR) is 98.5 cm³/mol. The molecule has 1 atom stereocenters. The van der Waals surface area contributed by atoms with Crippen molar-refractivity contribution in [3.05, 3.63) is 57.2 Å². The molecule has 4 rings (SSSR count). The highest BCUT2D eigenvalue weighted by atomic mass is 35.5. The number of hydrogen-bond donors (Lipinski definition) is 1. The van der Waals surface area contributed by atoms with Gasteiger partial charge in [0, 0.05) is 17.5 Å². The van der Waals surface area contributed by atoms with E-state index in [1.165, 1.54) is 5.56 Å². The van der Waals surface area contributed by atoms with Crippen LogP contribution in [0.4, 0.5) is 5.95 Å². The quantitative estimate of drug-likeness (QED) is 0.778. The van der Waals surface area contributed by atoms with E-state index in [0.717, 1.165) is 30.2 Å². The van der Waals surface area contributed by atoms with Crippen molar-refractivity contribution in [1.29, 1.82) is 0 Å². The van der Waals surface area contributed by atoms with Crippen LogP contribution in [0.15, 0.2) is 35.3 Å². The molecule has 1 N–H and O–H groups in total. The second-order valence-corrected chi connectivity index (χ2v) is 7.19. The Labute approximate surface area is 150 Å². The first kappa shape index (κ1) is 16.1. The van der Waals surface area contributed by atoms with Gasteiger partial charge in [0.15, 0.2) is 5.52 Å². The normalized spacial score (nSPS) is 17.8. The summed E-state index contributed by atoms with van der Waals surface area (Å²) >= 11 is 6.01. The van der Waals surface area contributed by atoms with Crippen molar-refractivity contribution in [3.63, 3.8) is 0 Å². The van der Waals surface area contributed by atoms with E-state index in [0.29, 0.717) is 11.5 Å². The first-order valence-electron chi connectivity index (χ1n) is 8.54. The zero-order valence-electron chi connectivity index (χ0n) is 14.2. The average molecular weight is 358 g/mol. The number of fused-ring (bicyclic) bond motifs is 1. The van der Waals surface area contributed by atoms with Crippen LogP contribution in [0.3, 0.4) is 0 Å². The third-order valence-electron chi connectivity index (χ3n) is 4.71. The number of aromatic nitrogens is 4. The van der Waals surface area contributed by atoms with Gasteiger partial charge in [-0.3, -0.25) is 9.78 Å². The number of nitrogens with zero attached hydrogens (tertiary/aromatic N) is 4. The van der Waals surface area contributed by atoms with Gasteiger partial charge in [-0.2, -0.15) is 0 Å². The molecule has 25 heavy (non-hydrogen) atoms. The maximum absolute atomic E-state index is 12.5. The maximum atomic E-state index is 12.5. The third kappa shape index (κ3) is 2.80. The van der Waals surface area contributed by atoms with Crippen LogP contribution >= 0.6 is 11.6 Å². The number of benzene rings is 1. The molecule has 3 aromatic rings. The Balaban J connectivity index is 1.78. The molecule has 1 fully saturated rings. The monoisotopic (exact) mass is 357 g/mol. The van der Waals surface area contributed by atoms with Crippen LogP contribution < -0.4 is 10.5 Å². The van der Waals surface area contributed by atoms with Crippen LogP contribution in [-0.2, 0) is 0 Å². The van der Waals surface area contributed by atoms with E-state index >= 15 is 0 Å². The summed E-state index contributed by atoms with van der Waals surface area (Å²) in [6.07, 6.45) is 3.66. The van der Waals surface area contributed by atoms with Gasteiger partial charge < -0.3 is 4.90 Å². The number of aromatic amines is 1. The number of halogens is 1. The van der Waals surface area contributed by atoms with Crippen LogP contribution in [0, 0.1) is 0 Å². The lowest BCUT2D eigenvalue weighted by Crippen LogP contribution is -2.28. The molecule has 0 unspecified atom stereocenters. The fourth-order valence-corrected chi connectivity index (χ4v) is 3.61. The van der Waals surface area contributed by atoms with Gasteiger partial charge in [0.25, 0.3) is 5.56 Å². The molecule has 2 aromatic heterocycles. The zero-order chi connectivity index (χ0) is 17.6. The molecule has 130 valence electrons. The molecule has 7 heteroatoms. The Morgan fingerprint density at radius 3 is 2.76 bits per heavy atom. The van der Waals surface area contributed by atoms with Gasteiger partial charge in [0.2, 0.25) is 5.95 Å². The summed E-state index contributed by atoms with van der Waals surface area (Å²) in [4.78, 5) is 21.9. The Morgan fingerprint density at radius 2 is 2.04 bits per heavy atom. The van der Waals surface area contributed by atoms with E-state index in [9.17, 15) is 4.79 Å². The van der Waals surface area contributed by atoms with Crippen molar-refractivity contribution >= 4 is 23.1 Å². The number of H-pyrrole nitrogens is 1. The van der Waals surface area contributed by atoms with Crippen LogP contribution in [0.1, 0.15) is 50.0 Å². The SMILES string of the molecule is CC(C)c1ncc2c(=O)[nH]c(N3CCC[C@@H]3c3ccc(Cl)cc3)nn12. The molecule has 1 aromatic carbocycles. The highest BCUT2D eigenvalue weighted by Gasteiger charge is 2.28. The predicted octanol–water partition coefficient (Wildman–Crippen LogP) is 3.54. The first-order valence-corrected chi connectivity index (χ1v) is 8.92. The van der Waals surface area contributed by atoms with Crippen molar-refractivity contribution in [2.75, 3.05) is 11.4 Å². The Morgan fingerprint density at radius 1 is 1.28 bits per heavy atom. The summed E-state index contributed by atoms with van der Waals surface area (Å²) in [6, 6.07) is 8.07. The molecular weight excluding hydrogens is 338 g/mol. The second-order valence-electron chi connectivity index (χ2n) is 6.75. The molecule has 6 nitrogen and oxygen atoms in total. The Kier molecular flexibility index (Phi) is 4.00. The van der Waals surface area contributed by atoms with Crippen molar-refractivity contribution in [1.82, 2.24) is 19.6 Å². The van der Waals surface area contributed by atoms with Gasteiger partial charge in [-0.15, -0.1) is 5.10 Å². The number of anilines is 1. The topological polar surface area (TPSA) is 66.3 Å². The smallest absolute Gasteiger partial charge is 0.278 e. The highest BCUT2D eigenvalue weighted by Crippen LogP contribution is 2.34. The number of rotatable bonds is 3. The summed E-state index contributed by atoms with van der Waals surface area (Å²) in [5.41, 5.74) is 1.50. The summed E-state index contributed by atoms with van der Waals surface area (Å²) in [5.74, 6) is 1.58. The van der Waals surface area contributed by atoms with Crippen LogP contribution in [0.25, 0.3) is 5.52 Å². The Hall–Kier alpha value is -2.34. The molecule has 0 bridgehead atoms. The van der Waals surface area contributed by atoms with Crippen molar-refractivity contribution in [3.8, 4) is 0 Å². The van der Waals surface area contributed by atoms with E-state index < -0.39 is 0 Å². The van der Waals surface area contributed by atoms with Crippen molar-refractivity contribution < 1.29 is 0 Å². The minimum Gasteiger partial charge on any atom is -0.334 e. The molecule has 0 radical (unpaired) electrons. The van der Waals surface area contributed by atoms with Gasteiger partial charge >= 0.3 is 0 Å². The third-order valence-corrected chi connectivity index (χ3v) is 4.96. The van der Waals surface area contributed by atoms with Gasteiger partial charge in [0.1, 0.15) is 5.82 Å². The number of nitrogens with one attached hydrogen (secondary N) is 1. The minimum absolute atomic E-state index is 0.161. The molecule has 0 saturated carbocycles. The number of hydrogen-bond acceptors (Lipinski definition) is 4. The van der Waals surface area contributed by atoms with Crippen molar-refractivity contribution in [2.45, 2.75) is 38.6 Å². The van der Waals surface area contributed by atoms with E-state index in [2.05, 4.69) is 14.9 Å². The lowest BCUT2D eigenvalue weighted by Gasteiger charge is -2.25. The zero-order valence-corrected chi connectivity index (χ0v) is 15.0. The molecule has 3 heterocycles. The summed E-state index contributed by atoms with van der Waals surface area (Å²) in [5, 5.41) is 5.41. The standard InChI is InChI=1S/C18H20ClN5O/c1-11(2)16-20-10-15-17(25)21-18(22-24(15)16)23-9-3-4-14(23)12-5-7-13(19)8-6-12/h5-8,10-11,14H,3-4,9H2,1-2H3,(H,21,22,25)/t14-/m1/s1. The second kappa shape index (κ2) is 6.19. The molecule has 0 aliphatic carbocycles. The molecule has 1 saturated heterocycles. The minimum atomic E-state index is -0.161. The van der Waals surface area contributed by atoms with E-state index in [1.54, 1.807) is 10.7 Å². The highest BCUT2D eigenvalue weighted by molar-refractivity contribution is 6.30. The molecule has 1 aliphatic rings. The average Bonchev–Trinajstić information content (AvgIpc) is 3.22. The van der Waals surface area contributed by atoms with Gasteiger partial charge in [-0.1, -0.05) is 37.6 Å². The lowest BCUT2D eigenvalue weighted by atomic mass is 10.1. The van der Waals surface area contributed by atoms with Crippen molar-refractivity contribution in [2.24, 2.45) is 0 Å². The fraction of sp³-hybridized carbons (Fsp3) is 0.389. The van der Waals surface area contributed by atoms with Crippen LogP contribution in [0.5, 0.6) is 0 Å². The lowest BCUT2D eigenvalue weighted by molar-refractivity contribution is 0.668. The van der Waals surface area contributed by atoms with Gasteiger partial charge in [0.05, 0.1) is 12.2 Å². The molecule has 0 spiro atoms. The summed E-state index contributed by atoms with van der Waals surface area (Å²) in [6.45, 7) is 4.95. The van der Waals surface area contributed by atoms with Crippen LogP contribution in [0.2, 0.25) is 5.02 Å². The first-order chi connectivity index (χ1) is 12.0. The van der Waals surface area contributed by atoms with E-state index in [1.807, 2.05) is 38.1 Å². The van der Waals surface area contributed by atoms with E-state index in [-0.39, 0.29) is 17.5 Å². The van der Waals surface area contributed by atoms with Gasteiger partial charge in [-0.25, -0.2) is 9.50 Å². The van der Waals surface area contributed by atoms with E-state index in [4.69, 9.17) is 16.7 Å². The molecular formula is C18H20ClN5O. The van der Waals surface area contributed by atoms with Crippen LogP contribution in [-0.4, -0.2) is 26.1 Å². The summed E-state index contributed by atoms with van der Waals surface area (Å²) in [7, 11) is 0. The fourth-order valence-electron chi connectivity index (χ4n) is 3.48. The molecule has 1 aliphatic heterocycles. The number of imidazole rings is 1. The Bertz CT molecular complexity index is 960. The largest absolute Gasteiger partial charge is 0.334 e.